The van der Waals surface area contributed by atoms with Crippen molar-refractivity contribution >= 4 is 40.6 Å². The standard InChI is InChI=1S/C25H17Cl3F3NO4/c1-13(24(33)19(12-32)14-3-5-20(26)21(27)7-14)35-17-9-16(34-2)10-18(11-17)36-23-6-4-15(8-22(23)28)25(29,30)31/h3-11,13,19H,1-2H3. The molecular formula is C25H17Cl3F3NO4. The molecule has 0 saturated heterocycles. The van der Waals surface area contributed by atoms with Crippen LogP contribution in [0.5, 0.6) is 23.0 Å². The van der Waals surface area contributed by atoms with Crippen molar-refractivity contribution < 1.29 is 32.2 Å². The van der Waals surface area contributed by atoms with Crippen molar-refractivity contribution in [3.8, 4) is 29.1 Å². The molecule has 3 aromatic rings. The lowest BCUT2D eigenvalue weighted by atomic mass is 9.93. The summed E-state index contributed by atoms with van der Waals surface area (Å²) in [5.41, 5.74) is -0.560. The number of ether oxygens (including phenoxy) is 3. The minimum absolute atomic E-state index is 0.0304. The fourth-order valence-electron chi connectivity index (χ4n) is 3.17. The lowest BCUT2D eigenvalue weighted by Gasteiger charge is -2.18. The highest BCUT2D eigenvalue weighted by molar-refractivity contribution is 6.42. The molecule has 2 unspecified atom stereocenters. The SMILES string of the molecule is COc1cc(Oc2ccc(C(F)(F)F)cc2Cl)cc(OC(C)C(=O)C(C#N)c2ccc(Cl)c(Cl)c2)c1. The Kier molecular flexibility index (Phi) is 8.62. The van der Waals surface area contributed by atoms with Crippen molar-refractivity contribution in [3.05, 3.63) is 80.8 Å². The van der Waals surface area contributed by atoms with E-state index in [1.807, 2.05) is 6.07 Å². The fraction of sp³-hybridized carbons (Fsp3) is 0.200. The van der Waals surface area contributed by atoms with Crippen LogP contribution < -0.4 is 14.2 Å². The van der Waals surface area contributed by atoms with Gasteiger partial charge in [-0.2, -0.15) is 18.4 Å². The number of hydrogen-bond acceptors (Lipinski definition) is 5. The summed E-state index contributed by atoms with van der Waals surface area (Å²) in [6.45, 7) is 1.47. The van der Waals surface area contributed by atoms with Gasteiger partial charge < -0.3 is 14.2 Å². The van der Waals surface area contributed by atoms with Crippen LogP contribution in [0.1, 0.15) is 24.0 Å². The molecule has 0 radical (unpaired) electrons. The van der Waals surface area contributed by atoms with E-state index in [1.165, 1.54) is 50.4 Å². The van der Waals surface area contributed by atoms with Gasteiger partial charge in [-0.3, -0.25) is 4.79 Å². The summed E-state index contributed by atoms with van der Waals surface area (Å²) in [4.78, 5) is 13.0. The third kappa shape index (κ3) is 6.55. The zero-order chi connectivity index (χ0) is 26.6. The number of hydrogen-bond donors (Lipinski definition) is 0. The summed E-state index contributed by atoms with van der Waals surface area (Å²) in [7, 11) is 1.39. The van der Waals surface area contributed by atoms with Crippen molar-refractivity contribution in [3.63, 3.8) is 0 Å². The number of nitrogens with zero attached hydrogens (tertiary/aromatic N) is 1. The highest BCUT2D eigenvalue weighted by atomic mass is 35.5. The van der Waals surface area contributed by atoms with E-state index in [0.717, 1.165) is 18.2 Å². The number of methoxy groups -OCH3 is 1. The predicted octanol–water partition coefficient (Wildman–Crippen LogP) is 8.11. The van der Waals surface area contributed by atoms with E-state index in [2.05, 4.69) is 0 Å². The first-order chi connectivity index (χ1) is 16.9. The number of ketones is 1. The lowest BCUT2D eigenvalue weighted by Crippen LogP contribution is -2.28. The number of benzene rings is 3. The topological polar surface area (TPSA) is 68.6 Å². The quantitative estimate of drug-likeness (QED) is 0.279. The molecular weight excluding hydrogens is 542 g/mol. The van der Waals surface area contributed by atoms with Crippen LogP contribution in [-0.4, -0.2) is 19.0 Å². The Morgan fingerprint density at radius 2 is 1.58 bits per heavy atom. The van der Waals surface area contributed by atoms with Crippen molar-refractivity contribution in [1.82, 2.24) is 0 Å². The Labute approximate surface area is 219 Å². The van der Waals surface area contributed by atoms with Gasteiger partial charge in [-0.1, -0.05) is 40.9 Å². The van der Waals surface area contributed by atoms with Gasteiger partial charge >= 0.3 is 6.18 Å². The number of alkyl halides is 3. The van der Waals surface area contributed by atoms with E-state index in [0.29, 0.717) is 5.56 Å². The first-order valence-corrected chi connectivity index (χ1v) is 11.3. The number of rotatable bonds is 8. The number of Topliss-reactive ketones (excluding diaryl/α,β-unsaturated/α-hetero) is 1. The van der Waals surface area contributed by atoms with Gasteiger partial charge in [0.2, 0.25) is 0 Å². The molecule has 0 spiro atoms. The second kappa shape index (κ2) is 11.3. The average molecular weight is 559 g/mol. The van der Waals surface area contributed by atoms with E-state index in [1.54, 1.807) is 0 Å². The highest BCUT2D eigenvalue weighted by Crippen LogP contribution is 2.38. The molecule has 0 N–H and O–H groups in total. The molecule has 5 nitrogen and oxygen atoms in total. The summed E-state index contributed by atoms with van der Waals surface area (Å²) in [5, 5.41) is 9.82. The van der Waals surface area contributed by atoms with Gasteiger partial charge in [-0.25, -0.2) is 0 Å². The number of carbonyl (C=O) groups is 1. The third-order valence-electron chi connectivity index (χ3n) is 4.98. The zero-order valence-electron chi connectivity index (χ0n) is 18.7. The van der Waals surface area contributed by atoms with Crippen LogP contribution in [0.25, 0.3) is 0 Å². The van der Waals surface area contributed by atoms with Gasteiger partial charge in [0.1, 0.15) is 28.9 Å². The van der Waals surface area contributed by atoms with Crippen LogP contribution in [0.3, 0.4) is 0 Å². The van der Waals surface area contributed by atoms with E-state index in [9.17, 15) is 23.2 Å². The normalized spacial score (nSPS) is 12.9. The van der Waals surface area contributed by atoms with Gasteiger partial charge in [0.25, 0.3) is 0 Å². The number of nitriles is 1. The Morgan fingerprint density at radius 1 is 0.917 bits per heavy atom. The van der Waals surface area contributed by atoms with E-state index in [4.69, 9.17) is 49.0 Å². The zero-order valence-corrected chi connectivity index (χ0v) is 21.0. The number of halogens is 6. The second-order valence-corrected chi connectivity index (χ2v) is 8.71. The smallest absolute Gasteiger partial charge is 0.416 e. The average Bonchev–Trinajstić information content (AvgIpc) is 2.82. The minimum Gasteiger partial charge on any atom is -0.496 e. The van der Waals surface area contributed by atoms with Crippen molar-refractivity contribution in [2.24, 2.45) is 0 Å². The molecule has 11 heteroatoms. The summed E-state index contributed by atoms with van der Waals surface area (Å²) >= 11 is 17.9. The van der Waals surface area contributed by atoms with E-state index < -0.39 is 29.5 Å². The van der Waals surface area contributed by atoms with Crippen molar-refractivity contribution in [1.29, 1.82) is 5.26 Å². The van der Waals surface area contributed by atoms with Gasteiger partial charge in [0.15, 0.2) is 11.9 Å². The van der Waals surface area contributed by atoms with Crippen LogP contribution in [0.4, 0.5) is 13.2 Å². The Hall–Kier alpha value is -3.12. The Balaban J connectivity index is 1.82. The molecule has 0 saturated carbocycles. The first-order valence-electron chi connectivity index (χ1n) is 10.2. The molecule has 0 aliphatic rings. The van der Waals surface area contributed by atoms with Crippen molar-refractivity contribution in [2.75, 3.05) is 7.11 Å². The minimum atomic E-state index is -4.56. The monoisotopic (exact) mass is 557 g/mol. The summed E-state index contributed by atoms with van der Waals surface area (Å²) in [6.07, 6.45) is -5.63. The van der Waals surface area contributed by atoms with Gasteiger partial charge in [0, 0.05) is 18.2 Å². The molecule has 0 aliphatic carbocycles. The van der Waals surface area contributed by atoms with Crippen LogP contribution >= 0.6 is 34.8 Å². The molecule has 0 aromatic heterocycles. The van der Waals surface area contributed by atoms with E-state index >= 15 is 0 Å². The predicted molar refractivity (Wildman–Crippen MR) is 129 cm³/mol. The maximum Gasteiger partial charge on any atom is 0.416 e. The number of carbonyl (C=O) groups excluding carboxylic acids is 1. The molecule has 0 heterocycles. The van der Waals surface area contributed by atoms with Crippen molar-refractivity contribution in [2.45, 2.75) is 25.1 Å². The van der Waals surface area contributed by atoms with Crippen LogP contribution in [-0.2, 0) is 11.0 Å². The second-order valence-electron chi connectivity index (χ2n) is 7.49. The summed E-state index contributed by atoms with van der Waals surface area (Å²) in [5.74, 6) is -1.16. The molecule has 2 atom stereocenters. The lowest BCUT2D eigenvalue weighted by molar-refractivity contribution is -0.137. The van der Waals surface area contributed by atoms with Crippen LogP contribution in [0.2, 0.25) is 15.1 Å². The molecule has 3 aromatic carbocycles. The molecule has 0 bridgehead atoms. The molecule has 0 aliphatic heterocycles. The molecule has 36 heavy (non-hydrogen) atoms. The van der Waals surface area contributed by atoms with E-state index in [-0.39, 0.29) is 38.1 Å². The Morgan fingerprint density at radius 3 is 2.17 bits per heavy atom. The summed E-state index contributed by atoms with van der Waals surface area (Å²) in [6, 6.07) is 13.4. The first kappa shape index (κ1) is 27.5. The largest absolute Gasteiger partial charge is 0.496 e. The fourth-order valence-corrected chi connectivity index (χ4v) is 3.69. The third-order valence-corrected chi connectivity index (χ3v) is 6.01. The molecule has 0 amide bonds. The maximum absolute atomic E-state index is 13.0. The van der Waals surface area contributed by atoms with Gasteiger partial charge in [-0.15, -0.1) is 0 Å². The maximum atomic E-state index is 13.0. The van der Waals surface area contributed by atoms with Gasteiger partial charge in [-0.05, 0) is 42.8 Å². The van der Waals surface area contributed by atoms with Gasteiger partial charge in [0.05, 0.1) is 33.8 Å². The van der Waals surface area contributed by atoms with Crippen LogP contribution in [0.15, 0.2) is 54.6 Å². The molecule has 188 valence electrons. The highest BCUT2D eigenvalue weighted by Gasteiger charge is 2.31. The summed E-state index contributed by atoms with van der Waals surface area (Å²) < 4.78 is 55.3. The molecule has 0 fully saturated rings. The molecule has 3 rings (SSSR count). The Bertz CT molecular complexity index is 1320. The van der Waals surface area contributed by atoms with Crippen LogP contribution in [0, 0.1) is 11.3 Å².